The van der Waals surface area contributed by atoms with Crippen LogP contribution >= 0.6 is 15.9 Å². The molecule has 1 N–H and O–H groups in total. The van der Waals surface area contributed by atoms with E-state index in [0.29, 0.717) is 17.9 Å². The van der Waals surface area contributed by atoms with E-state index in [0.717, 1.165) is 17.7 Å². The maximum Gasteiger partial charge on any atom is 0.273 e. The van der Waals surface area contributed by atoms with Gasteiger partial charge in [0.2, 0.25) is 5.91 Å². The Bertz CT molecular complexity index is 1140. The second-order valence-corrected chi connectivity index (χ2v) is 7.50. The largest absolute Gasteiger partial charge is 0.487 e. The summed E-state index contributed by atoms with van der Waals surface area (Å²) in [6.07, 6.45) is 0. The van der Waals surface area contributed by atoms with Crippen LogP contribution in [0.4, 0.5) is 8.78 Å². The predicted molar refractivity (Wildman–Crippen MR) is 113 cm³/mol. The minimum atomic E-state index is -0.712. The number of hydrogen-bond donors (Lipinski definition) is 1. The number of nitrogens with zero attached hydrogens (tertiary/aromatic N) is 1. The van der Waals surface area contributed by atoms with Gasteiger partial charge >= 0.3 is 0 Å². The molecule has 8 heteroatoms. The van der Waals surface area contributed by atoms with E-state index in [2.05, 4.69) is 21.2 Å². The molecule has 0 radical (unpaired) electrons. The third kappa shape index (κ3) is 4.94. The first-order valence-electron chi connectivity index (χ1n) is 9.09. The first-order chi connectivity index (χ1) is 14.3. The lowest BCUT2D eigenvalue weighted by Crippen LogP contribution is -2.22. The second-order valence-electron chi connectivity index (χ2n) is 6.71. The quantitative estimate of drug-likeness (QED) is 0.573. The van der Waals surface area contributed by atoms with E-state index in [-0.39, 0.29) is 33.9 Å². The molecule has 30 heavy (non-hydrogen) atoms. The first kappa shape index (κ1) is 21.7. The summed E-state index contributed by atoms with van der Waals surface area (Å²) in [4.78, 5) is 23.9. The van der Waals surface area contributed by atoms with E-state index in [1.807, 2.05) is 12.1 Å². The fourth-order valence-corrected chi connectivity index (χ4v) is 3.30. The zero-order chi connectivity index (χ0) is 21.8. The van der Waals surface area contributed by atoms with Crippen LogP contribution in [0.5, 0.6) is 5.75 Å². The van der Waals surface area contributed by atoms with Crippen molar-refractivity contribution in [3.8, 4) is 11.4 Å². The van der Waals surface area contributed by atoms with Gasteiger partial charge in [-0.15, -0.1) is 0 Å². The topological polar surface area (TPSA) is 60.3 Å². The summed E-state index contributed by atoms with van der Waals surface area (Å²) < 4.78 is 34.2. The zero-order valence-corrected chi connectivity index (χ0v) is 17.9. The van der Waals surface area contributed by atoms with E-state index < -0.39 is 11.6 Å². The summed E-state index contributed by atoms with van der Waals surface area (Å²) in [5, 5.41) is 2.72. The van der Waals surface area contributed by atoms with Gasteiger partial charge in [0.1, 0.15) is 28.5 Å². The van der Waals surface area contributed by atoms with Gasteiger partial charge in [0, 0.05) is 42.5 Å². The average Bonchev–Trinajstić information content (AvgIpc) is 2.70. The van der Waals surface area contributed by atoms with Gasteiger partial charge in [-0.25, -0.2) is 8.78 Å². The highest BCUT2D eigenvalue weighted by atomic mass is 79.9. The molecule has 0 aliphatic carbocycles. The van der Waals surface area contributed by atoms with Gasteiger partial charge in [0.25, 0.3) is 5.56 Å². The summed E-state index contributed by atoms with van der Waals surface area (Å²) in [6.45, 7) is 3.46. The van der Waals surface area contributed by atoms with Gasteiger partial charge in [-0.05, 0) is 52.7 Å². The molecule has 5 nitrogen and oxygen atoms in total. The smallest absolute Gasteiger partial charge is 0.273 e. The number of carbonyl (C=O) groups is 1. The van der Waals surface area contributed by atoms with Gasteiger partial charge in [0.15, 0.2) is 0 Å². The van der Waals surface area contributed by atoms with Gasteiger partial charge < -0.3 is 10.1 Å². The molecular formula is C22H19BrF2N2O3. The number of ether oxygens (including phenoxy) is 1. The fourth-order valence-electron chi connectivity index (χ4n) is 2.89. The fraction of sp³-hybridized carbons (Fsp3) is 0.182. The SMILES string of the molecule is CC(=O)NCc1ccc(-n2c(C)cc(OCc3ccc(F)cc3F)c(Br)c2=O)cc1. The minimum Gasteiger partial charge on any atom is -0.487 e. The maximum absolute atomic E-state index is 13.8. The third-order valence-corrected chi connectivity index (χ3v) is 5.16. The Morgan fingerprint density at radius 3 is 2.47 bits per heavy atom. The lowest BCUT2D eigenvalue weighted by atomic mass is 10.2. The number of halogens is 3. The molecule has 2 aromatic carbocycles. The standard InChI is InChI=1S/C22H19BrF2N2O3/c1-13-9-20(30-12-16-5-6-17(24)10-19(16)25)21(23)22(29)27(13)18-7-3-15(4-8-18)11-26-14(2)28/h3-10H,11-12H2,1-2H3,(H,26,28). The molecule has 0 unspecified atom stereocenters. The van der Waals surface area contributed by atoms with Crippen LogP contribution in [-0.4, -0.2) is 10.5 Å². The molecule has 3 rings (SSSR count). The molecular weight excluding hydrogens is 458 g/mol. The Morgan fingerprint density at radius 2 is 1.83 bits per heavy atom. The number of aryl methyl sites for hydroxylation is 1. The van der Waals surface area contributed by atoms with Gasteiger partial charge in [-0.1, -0.05) is 12.1 Å². The molecule has 3 aromatic rings. The molecule has 0 saturated carbocycles. The normalized spacial score (nSPS) is 10.7. The molecule has 0 bridgehead atoms. The highest BCUT2D eigenvalue weighted by molar-refractivity contribution is 9.10. The average molecular weight is 477 g/mol. The molecule has 1 amide bonds. The number of pyridine rings is 1. The predicted octanol–water partition coefficient (Wildman–Crippen LogP) is 4.40. The van der Waals surface area contributed by atoms with Crippen LogP contribution in [0.3, 0.4) is 0 Å². The van der Waals surface area contributed by atoms with Crippen LogP contribution in [0.2, 0.25) is 0 Å². The summed E-state index contributed by atoms with van der Waals surface area (Å²) in [7, 11) is 0. The monoisotopic (exact) mass is 476 g/mol. The molecule has 1 heterocycles. The molecule has 156 valence electrons. The van der Waals surface area contributed by atoms with Crippen LogP contribution in [0.25, 0.3) is 5.69 Å². The number of benzene rings is 2. The number of rotatable bonds is 6. The van der Waals surface area contributed by atoms with E-state index in [4.69, 9.17) is 4.74 Å². The van der Waals surface area contributed by atoms with Crippen LogP contribution in [0.1, 0.15) is 23.7 Å². The summed E-state index contributed by atoms with van der Waals surface area (Å²) in [5.74, 6) is -1.24. The van der Waals surface area contributed by atoms with Gasteiger partial charge in [-0.3, -0.25) is 14.2 Å². The highest BCUT2D eigenvalue weighted by Crippen LogP contribution is 2.25. The molecule has 0 spiro atoms. The second kappa shape index (κ2) is 9.21. The Balaban J connectivity index is 1.84. The summed E-state index contributed by atoms with van der Waals surface area (Å²) >= 11 is 3.26. The van der Waals surface area contributed by atoms with E-state index in [1.54, 1.807) is 25.1 Å². The number of amides is 1. The Hall–Kier alpha value is -3.00. The summed E-state index contributed by atoms with van der Waals surface area (Å²) in [5.41, 5.74) is 2.02. The molecule has 0 saturated heterocycles. The van der Waals surface area contributed by atoms with Crippen molar-refractivity contribution in [1.29, 1.82) is 0 Å². The number of aromatic nitrogens is 1. The van der Waals surface area contributed by atoms with Crippen molar-refractivity contribution in [2.75, 3.05) is 0 Å². The number of hydrogen-bond acceptors (Lipinski definition) is 3. The summed E-state index contributed by atoms with van der Waals surface area (Å²) in [6, 6.07) is 12.1. The first-order valence-corrected chi connectivity index (χ1v) is 9.88. The lowest BCUT2D eigenvalue weighted by Gasteiger charge is -2.15. The van der Waals surface area contributed by atoms with E-state index in [1.165, 1.54) is 17.6 Å². The lowest BCUT2D eigenvalue weighted by molar-refractivity contribution is -0.119. The zero-order valence-electron chi connectivity index (χ0n) is 16.3. The molecule has 0 fully saturated rings. The highest BCUT2D eigenvalue weighted by Gasteiger charge is 2.14. The van der Waals surface area contributed by atoms with Crippen LogP contribution in [-0.2, 0) is 17.9 Å². The van der Waals surface area contributed by atoms with E-state index >= 15 is 0 Å². The van der Waals surface area contributed by atoms with Crippen molar-refractivity contribution in [1.82, 2.24) is 9.88 Å². The van der Waals surface area contributed by atoms with Crippen molar-refractivity contribution in [3.63, 3.8) is 0 Å². The molecule has 0 aliphatic rings. The Morgan fingerprint density at radius 1 is 1.13 bits per heavy atom. The van der Waals surface area contributed by atoms with Crippen LogP contribution in [0, 0.1) is 18.6 Å². The molecule has 0 atom stereocenters. The number of carbonyl (C=O) groups excluding carboxylic acids is 1. The number of nitrogens with one attached hydrogen (secondary N) is 1. The van der Waals surface area contributed by atoms with Crippen LogP contribution < -0.4 is 15.6 Å². The van der Waals surface area contributed by atoms with Crippen molar-refractivity contribution < 1.29 is 18.3 Å². The van der Waals surface area contributed by atoms with Gasteiger partial charge in [0.05, 0.1) is 0 Å². The van der Waals surface area contributed by atoms with Crippen LogP contribution in [0.15, 0.2) is 57.8 Å². The van der Waals surface area contributed by atoms with Gasteiger partial charge in [-0.2, -0.15) is 0 Å². The molecule has 1 aromatic heterocycles. The maximum atomic E-state index is 13.8. The third-order valence-electron chi connectivity index (χ3n) is 4.43. The van der Waals surface area contributed by atoms with Crippen molar-refractivity contribution in [2.45, 2.75) is 27.0 Å². The Labute approximate surface area is 180 Å². The van der Waals surface area contributed by atoms with Crippen molar-refractivity contribution in [3.05, 3.63) is 91.8 Å². The van der Waals surface area contributed by atoms with E-state index in [9.17, 15) is 18.4 Å². The van der Waals surface area contributed by atoms with Crippen molar-refractivity contribution >= 4 is 21.8 Å². The molecule has 0 aliphatic heterocycles. The minimum absolute atomic E-state index is 0.119. The van der Waals surface area contributed by atoms with Crippen molar-refractivity contribution in [2.24, 2.45) is 0 Å². The Kier molecular flexibility index (Phi) is 6.66.